The Morgan fingerprint density at radius 3 is 1.72 bits per heavy atom. The molecule has 1 aliphatic rings. The number of ketones is 1. The molecule has 1 fully saturated rings. The summed E-state index contributed by atoms with van der Waals surface area (Å²) in [6.45, 7) is 15.2. The van der Waals surface area contributed by atoms with E-state index >= 15 is 0 Å². The van der Waals surface area contributed by atoms with Gasteiger partial charge in [-0.15, -0.1) is 0 Å². The number of carbonyl (C=O) groups is 3. The van der Waals surface area contributed by atoms with E-state index in [0.29, 0.717) is 45.7 Å². The van der Waals surface area contributed by atoms with Crippen molar-refractivity contribution in [2.75, 3.05) is 78.7 Å². The van der Waals surface area contributed by atoms with Crippen LogP contribution in [0.25, 0.3) is 0 Å². The average molecular weight is 415 g/mol. The molecule has 29 heavy (non-hydrogen) atoms. The summed E-state index contributed by atoms with van der Waals surface area (Å²) in [6, 6.07) is 0. The summed E-state index contributed by atoms with van der Waals surface area (Å²) >= 11 is 0. The molecule has 1 aliphatic heterocycles. The number of ether oxygens (including phenoxy) is 1. The maximum absolute atomic E-state index is 12.6. The molecule has 0 aromatic carbocycles. The highest BCUT2D eigenvalue weighted by atomic mass is 16.5. The molecule has 0 atom stereocenters. The lowest BCUT2D eigenvalue weighted by molar-refractivity contribution is -0.138. The van der Waals surface area contributed by atoms with E-state index in [1.54, 1.807) is 0 Å². The Bertz CT molecular complexity index is 523. The van der Waals surface area contributed by atoms with Crippen molar-refractivity contribution in [3.63, 3.8) is 0 Å². The van der Waals surface area contributed by atoms with Crippen LogP contribution in [0.3, 0.4) is 0 Å². The number of rotatable bonds is 8. The van der Waals surface area contributed by atoms with Crippen molar-refractivity contribution in [1.29, 1.82) is 0 Å². The Labute approximate surface area is 174 Å². The Balaban J connectivity index is 2.87. The molecule has 0 amide bonds. The normalized spacial score (nSPS) is 19.9. The quantitative estimate of drug-likeness (QED) is 0.553. The lowest BCUT2D eigenvalue weighted by atomic mass is 9.90. The van der Waals surface area contributed by atoms with Gasteiger partial charge in [-0.25, -0.2) is 0 Å². The zero-order valence-corrected chi connectivity index (χ0v) is 18.4. The van der Waals surface area contributed by atoms with Crippen LogP contribution in [0.4, 0.5) is 0 Å². The van der Waals surface area contributed by atoms with Gasteiger partial charge in [0.2, 0.25) is 0 Å². The zero-order valence-electron chi connectivity index (χ0n) is 18.4. The third-order valence-electron chi connectivity index (χ3n) is 5.26. The van der Waals surface area contributed by atoms with Gasteiger partial charge in [0.15, 0.2) is 5.78 Å². The maximum atomic E-state index is 12.6. The van der Waals surface area contributed by atoms with E-state index < -0.39 is 5.97 Å². The van der Waals surface area contributed by atoms with Crippen LogP contribution in [0, 0.1) is 5.41 Å². The summed E-state index contributed by atoms with van der Waals surface area (Å²) in [5.41, 5.74) is -0.383. The fraction of sp³-hybridized carbons (Fsp3) is 0.850. The third kappa shape index (κ3) is 10.7. The van der Waals surface area contributed by atoms with Crippen LogP contribution < -0.4 is 0 Å². The molecule has 1 heterocycles. The van der Waals surface area contributed by atoms with Crippen molar-refractivity contribution in [1.82, 2.24) is 19.6 Å². The lowest BCUT2D eigenvalue weighted by Gasteiger charge is -2.33. The second-order valence-electron chi connectivity index (χ2n) is 8.56. The van der Waals surface area contributed by atoms with Gasteiger partial charge in [-0.05, 0) is 6.54 Å². The van der Waals surface area contributed by atoms with Gasteiger partial charge in [0.05, 0.1) is 13.1 Å². The summed E-state index contributed by atoms with van der Waals surface area (Å²) in [6.07, 6.45) is 0. The van der Waals surface area contributed by atoms with Crippen LogP contribution in [0.15, 0.2) is 0 Å². The van der Waals surface area contributed by atoms with Gasteiger partial charge in [0, 0.05) is 57.8 Å². The second kappa shape index (κ2) is 12.9. The third-order valence-corrected chi connectivity index (χ3v) is 5.26. The van der Waals surface area contributed by atoms with E-state index in [0.717, 1.165) is 26.2 Å². The van der Waals surface area contributed by atoms with Crippen molar-refractivity contribution >= 4 is 18.2 Å². The molecule has 168 valence electrons. The summed E-state index contributed by atoms with van der Waals surface area (Å²) in [5.74, 6) is -0.640. The molecular formula is C20H38N4O5. The summed E-state index contributed by atoms with van der Waals surface area (Å²) in [7, 11) is 0. The molecule has 0 saturated carbocycles. The highest BCUT2D eigenvalue weighted by Gasteiger charge is 2.24. The van der Waals surface area contributed by atoms with Gasteiger partial charge in [-0.3, -0.25) is 29.1 Å². The first-order chi connectivity index (χ1) is 13.7. The molecule has 0 aliphatic carbocycles. The van der Waals surface area contributed by atoms with Crippen molar-refractivity contribution in [2.45, 2.75) is 27.7 Å². The largest absolute Gasteiger partial charge is 0.480 e. The number of hydrogen-bond donors (Lipinski definition) is 1. The van der Waals surface area contributed by atoms with E-state index in [1.807, 2.05) is 30.6 Å². The highest BCUT2D eigenvalue weighted by molar-refractivity contribution is 5.85. The number of nitrogens with zero attached hydrogens (tertiary/aromatic N) is 4. The molecule has 1 rings (SSSR count). The molecule has 0 bridgehead atoms. The van der Waals surface area contributed by atoms with Crippen molar-refractivity contribution in [2.24, 2.45) is 5.41 Å². The predicted molar refractivity (Wildman–Crippen MR) is 111 cm³/mol. The molecule has 0 aromatic rings. The van der Waals surface area contributed by atoms with E-state index in [1.165, 1.54) is 0 Å². The molecule has 1 N–H and O–H groups in total. The van der Waals surface area contributed by atoms with E-state index in [4.69, 9.17) is 4.74 Å². The standard InChI is InChI=1S/C20H38N4O5/c1-5-21-6-8-22(14-18(26)20(2,3)4)10-12-24(16-29-17-25)13-11-23(9-7-21)15-19(27)28/h17H,5-16H2,1-4H3,(H,27,28). The Kier molecular flexibility index (Phi) is 11.3. The predicted octanol–water partition coefficient (Wildman–Crippen LogP) is 0.0582. The number of carbonyl (C=O) groups excluding carboxylic acids is 2. The van der Waals surface area contributed by atoms with Crippen LogP contribution in [-0.2, 0) is 19.1 Å². The summed E-state index contributed by atoms with van der Waals surface area (Å²) < 4.78 is 4.94. The Hall–Kier alpha value is -1.55. The highest BCUT2D eigenvalue weighted by Crippen LogP contribution is 2.15. The van der Waals surface area contributed by atoms with Crippen LogP contribution >= 0.6 is 0 Å². The summed E-state index contributed by atoms with van der Waals surface area (Å²) in [5, 5.41) is 9.19. The minimum Gasteiger partial charge on any atom is -0.480 e. The van der Waals surface area contributed by atoms with Crippen LogP contribution in [0.5, 0.6) is 0 Å². The molecule has 9 nitrogen and oxygen atoms in total. The van der Waals surface area contributed by atoms with Crippen LogP contribution in [-0.4, -0.2) is 122 Å². The van der Waals surface area contributed by atoms with Gasteiger partial charge in [0.25, 0.3) is 6.47 Å². The molecule has 1 saturated heterocycles. The van der Waals surface area contributed by atoms with Gasteiger partial charge in [-0.2, -0.15) is 0 Å². The number of likely N-dealkylation sites (N-methyl/N-ethyl adjacent to an activating group) is 1. The van der Waals surface area contributed by atoms with E-state index in [-0.39, 0.29) is 24.5 Å². The minimum atomic E-state index is -0.845. The van der Waals surface area contributed by atoms with E-state index in [9.17, 15) is 19.5 Å². The van der Waals surface area contributed by atoms with Gasteiger partial charge >= 0.3 is 5.97 Å². The first-order valence-electron chi connectivity index (χ1n) is 10.4. The average Bonchev–Trinajstić information content (AvgIpc) is 2.64. The van der Waals surface area contributed by atoms with Crippen LogP contribution in [0.1, 0.15) is 27.7 Å². The number of hydrogen-bond acceptors (Lipinski definition) is 8. The number of Topliss-reactive ketones (excluding diaryl/α,β-unsaturated/α-hetero) is 1. The van der Waals surface area contributed by atoms with Gasteiger partial charge in [-0.1, -0.05) is 27.7 Å². The Morgan fingerprint density at radius 2 is 1.31 bits per heavy atom. The van der Waals surface area contributed by atoms with Gasteiger partial charge in [0.1, 0.15) is 6.73 Å². The smallest absolute Gasteiger partial charge is 0.317 e. The zero-order chi connectivity index (χ0) is 21.9. The number of carboxylic acid groups (broad SMARTS) is 1. The van der Waals surface area contributed by atoms with E-state index in [2.05, 4.69) is 16.7 Å². The monoisotopic (exact) mass is 414 g/mol. The molecule has 0 aromatic heterocycles. The number of carboxylic acids is 1. The topological polar surface area (TPSA) is 93.6 Å². The van der Waals surface area contributed by atoms with Crippen molar-refractivity contribution < 1.29 is 24.2 Å². The Morgan fingerprint density at radius 1 is 0.862 bits per heavy atom. The molecule has 0 unspecified atom stereocenters. The molecule has 0 radical (unpaired) electrons. The molecule has 0 spiro atoms. The van der Waals surface area contributed by atoms with Gasteiger partial charge < -0.3 is 14.7 Å². The minimum absolute atomic E-state index is 0.00780. The fourth-order valence-corrected chi connectivity index (χ4v) is 3.11. The second-order valence-corrected chi connectivity index (χ2v) is 8.56. The van der Waals surface area contributed by atoms with Crippen molar-refractivity contribution in [3.8, 4) is 0 Å². The van der Waals surface area contributed by atoms with Crippen LogP contribution in [0.2, 0.25) is 0 Å². The lowest BCUT2D eigenvalue weighted by Crippen LogP contribution is -2.48. The van der Waals surface area contributed by atoms with Crippen molar-refractivity contribution in [3.05, 3.63) is 0 Å². The summed E-state index contributed by atoms with van der Waals surface area (Å²) in [4.78, 5) is 42.7. The fourth-order valence-electron chi connectivity index (χ4n) is 3.11. The SMILES string of the molecule is CCN1CCN(CC(=O)O)CCN(COC=O)CCN(CC(=O)C(C)(C)C)CC1. The molecular weight excluding hydrogens is 376 g/mol. The first kappa shape index (κ1) is 25.5. The number of aliphatic carboxylic acids is 1. The first-order valence-corrected chi connectivity index (χ1v) is 10.4. The molecule has 9 heteroatoms. The maximum Gasteiger partial charge on any atom is 0.317 e.